The zero-order valence-electron chi connectivity index (χ0n) is 12.7. The number of benzene rings is 1. The molecule has 0 aliphatic heterocycles. The summed E-state index contributed by atoms with van der Waals surface area (Å²) in [7, 11) is 1.67. The van der Waals surface area contributed by atoms with Gasteiger partial charge in [-0.3, -0.25) is 14.2 Å². The van der Waals surface area contributed by atoms with Crippen LogP contribution in [0.3, 0.4) is 0 Å². The Hall–Kier alpha value is -2.12. The van der Waals surface area contributed by atoms with Gasteiger partial charge in [-0.2, -0.15) is 0 Å². The van der Waals surface area contributed by atoms with Gasteiger partial charge in [0, 0.05) is 12.7 Å². The first-order valence-electron chi connectivity index (χ1n) is 6.99. The number of nitrogens with one attached hydrogen (secondary N) is 1. The molecular weight excluding hydrogens is 330 g/mol. The zero-order chi connectivity index (χ0) is 16.4. The molecule has 23 heavy (non-hydrogen) atoms. The molecule has 0 radical (unpaired) electrons. The largest absolute Gasteiger partial charge is 0.325 e. The van der Waals surface area contributed by atoms with E-state index in [-0.39, 0.29) is 17.2 Å². The number of hydrogen-bond donors (Lipinski definition) is 1. The predicted molar refractivity (Wildman–Crippen MR) is 95.4 cm³/mol. The van der Waals surface area contributed by atoms with E-state index in [0.717, 1.165) is 11.3 Å². The fourth-order valence-electron chi connectivity index (χ4n) is 2.14. The lowest BCUT2D eigenvalue weighted by atomic mass is 10.2. The van der Waals surface area contributed by atoms with E-state index in [2.05, 4.69) is 10.3 Å². The second kappa shape index (κ2) is 6.55. The van der Waals surface area contributed by atoms with E-state index in [4.69, 9.17) is 0 Å². The predicted octanol–water partition coefficient (Wildman–Crippen LogP) is 3.03. The minimum atomic E-state index is -0.121. The van der Waals surface area contributed by atoms with Crippen molar-refractivity contribution < 1.29 is 4.79 Å². The van der Waals surface area contributed by atoms with Crippen LogP contribution in [-0.2, 0) is 11.8 Å². The second-order valence-corrected chi connectivity index (χ2v) is 6.89. The van der Waals surface area contributed by atoms with Crippen molar-refractivity contribution in [3.05, 3.63) is 51.6 Å². The molecule has 3 aromatic rings. The Morgan fingerprint density at radius 3 is 2.91 bits per heavy atom. The van der Waals surface area contributed by atoms with E-state index >= 15 is 0 Å². The summed E-state index contributed by atoms with van der Waals surface area (Å²) in [6, 6.07) is 9.39. The number of aryl methyl sites for hydroxylation is 1. The van der Waals surface area contributed by atoms with Gasteiger partial charge in [-0.05, 0) is 30.0 Å². The number of fused-ring (bicyclic) bond motifs is 1. The lowest BCUT2D eigenvalue weighted by Gasteiger charge is -2.09. The number of nitrogens with zero attached hydrogens (tertiary/aromatic N) is 2. The lowest BCUT2D eigenvalue weighted by Crippen LogP contribution is -2.21. The monoisotopic (exact) mass is 345 g/mol. The minimum Gasteiger partial charge on any atom is -0.325 e. The summed E-state index contributed by atoms with van der Waals surface area (Å²) < 4.78 is 1.49. The van der Waals surface area contributed by atoms with Crippen LogP contribution < -0.4 is 10.9 Å². The highest BCUT2D eigenvalue weighted by molar-refractivity contribution is 7.99. The highest BCUT2D eigenvalue weighted by Crippen LogP contribution is 2.21. The quantitative estimate of drug-likeness (QED) is 0.583. The fourth-order valence-corrected chi connectivity index (χ4v) is 3.72. The first-order chi connectivity index (χ1) is 11.1. The number of carbonyl (C=O) groups excluding carboxylic acids is 1. The Morgan fingerprint density at radius 1 is 1.35 bits per heavy atom. The number of anilines is 1. The van der Waals surface area contributed by atoms with Gasteiger partial charge in [0.1, 0.15) is 4.83 Å². The lowest BCUT2D eigenvalue weighted by molar-refractivity contribution is -0.113. The molecule has 0 bridgehead atoms. The number of amides is 1. The van der Waals surface area contributed by atoms with Gasteiger partial charge in [-0.1, -0.05) is 30.0 Å². The molecule has 118 valence electrons. The average Bonchev–Trinajstić information content (AvgIpc) is 3.00. The van der Waals surface area contributed by atoms with Crippen molar-refractivity contribution in [3.8, 4) is 0 Å². The minimum absolute atomic E-state index is 0.0851. The standard InChI is InChI=1S/C16H15N3O2S2/c1-10-5-3-4-6-12(10)17-13(20)9-23-16-18-14-11(7-8-22-14)15(21)19(16)2/h3-8H,9H2,1-2H3,(H,17,20). The van der Waals surface area contributed by atoms with Crippen LogP contribution in [0.25, 0.3) is 10.2 Å². The van der Waals surface area contributed by atoms with Crippen molar-refractivity contribution in [1.82, 2.24) is 9.55 Å². The highest BCUT2D eigenvalue weighted by atomic mass is 32.2. The fraction of sp³-hybridized carbons (Fsp3) is 0.188. The van der Waals surface area contributed by atoms with Crippen LogP contribution in [0, 0.1) is 6.92 Å². The van der Waals surface area contributed by atoms with E-state index in [0.29, 0.717) is 15.4 Å². The summed E-state index contributed by atoms with van der Waals surface area (Å²) in [6.45, 7) is 1.94. The van der Waals surface area contributed by atoms with Gasteiger partial charge in [0.2, 0.25) is 5.91 Å². The molecule has 0 aliphatic carbocycles. The molecular formula is C16H15N3O2S2. The van der Waals surface area contributed by atoms with Crippen LogP contribution in [0.5, 0.6) is 0 Å². The normalized spacial score (nSPS) is 10.9. The van der Waals surface area contributed by atoms with Crippen LogP contribution in [0.1, 0.15) is 5.56 Å². The molecule has 0 spiro atoms. The molecule has 0 aliphatic rings. The summed E-state index contributed by atoms with van der Waals surface area (Å²) in [5.41, 5.74) is 1.73. The summed E-state index contributed by atoms with van der Waals surface area (Å²) in [4.78, 5) is 29.5. The molecule has 1 N–H and O–H groups in total. The van der Waals surface area contributed by atoms with E-state index in [1.165, 1.54) is 27.7 Å². The molecule has 0 saturated heterocycles. The van der Waals surface area contributed by atoms with Crippen molar-refractivity contribution in [1.29, 1.82) is 0 Å². The van der Waals surface area contributed by atoms with Gasteiger partial charge >= 0.3 is 0 Å². The smallest absolute Gasteiger partial charge is 0.262 e. The molecule has 5 nitrogen and oxygen atoms in total. The number of hydrogen-bond acceptors (Lipinski definition) is 5. The van der Waals surface area contributed by atoms with Crippen molar-refractivity contribution in [2.75, 3.05) is 11.1 Å². The summed E-state index contributed by atoms with van der Waals surface area (Å²) in [6.07, 6.45) is 0. The molecule has 2 heterocycles. The van der Waals surface area contributed by atoms with Gasteiger partial charge in [0.05, 0.1) is 11.1 Å². The number of thioether (sulfide) groups is 1. The van der Waals surface area contributed by atoms with Crippen LogP contribution in [0.4, 0.5) is 5.69 Å². The molecule has 1 aromatic carbocycles. The van der Waals surface area contributed by atoms with E-state index in [9.17, 15) is 9.59 Å². The molecule has 1 amide bonds. The second-order valence-electron chi connectivity index (χ2n) is 5.05. The number of rotatable bonds is 4. The van der Waals surface area contributed by atoms with Crippen LogP contribution in [-0.4, -0.2) is 21.2 Å². The highest BCUT2D eigenvalue weighted by Gasteiger charge is 2.12. The molecule has 0 fully saturated rings. The van der Waals surface area contributed by atoms with Crippen molar-refractivity contribution >= 4 is 44.9 Å². The number of para-hydroxylation sites is 1. The SMILES string of the molecule is Cc1ccccc1NC(=O)CSc1nc2sccc2c(=O)n1C. The van der Waals surface area contributed by atoms with Gasteiger partial charge < -0.3 is 5.32 Å². The Labute approximate surface area is 141 Å². The van der Waals surface area contributed by atoms with Crippen LogP contribution >= 0.6 is 23.1 Å². The van der Waals surface area contributed by atoms with E-state index < -0.39 is 0 Å². The Balaban J connectivity index is 1.73. The van der Waals surface area contributed by atoms with Crippen LogP contribution in [0.2, 0.25) is 0 Å². The molecule has 0 atom stereocenters. The zero-order valence-corrected chi connectivity index (χ0v) is 14.3. The topological polar surface area (TPSA) is 64.0 Å². The maximum absolute atomic E-state index is 12.2. The number of aromatic nitrogens is 2. The molecule has 0 saturated carbocycles. The maximum Gasteiger partial charge on any atom is 0.262 e. The maximum atomic E-state index is 12.2. The van der Waals surface area contributed by atoms with Crippen molar-refractivity contribution in [2.45, 2.75) is 12.1 Å². The molecule has 0 unspecified atom stereocenters. The van der Waals surface area contributed by atoms with Gasteiger partial charge in [0.15, 0.2) is 5.16 Å². The summed E-state index contributed by atoms with van der Waals surface area (Å²) in [5.74, 6) is 0.0794. The third kappa shape index (κ3) is 3.30. The van der Waals surface area contributed by atoms with Crippen LogP contribution in [0.15, 0.2) is 45.7 Å². The summed E-state index contributed by atoms with van der Waals surface area (Å²) >= 11 is 2.68. The average molecular weight is 345 g/mol. The number of carbonyl (C=O) groups is 1. The third-order valence-electron chi connectivity index (χ3n) is 3.42. The Bertz CT molecular complexity index is 930. The number of thiophene rings is 1. The first-order valence-corrected chi connectivity index (χ1v) is 8.85. The van der Waals surface area contributed by atoms with Gasteiger partial charge in [-0.25, -0.2) is 4.98 Å². The van der Waals surface area contributed by atoms with E-state index in [1.807, 2.05) is 36.6 Å². The molecule has 7 heteroatoms. The van der Waals surface area contributed by atoms with Gasteiger partial charge in [0.25, 0.3) is 5.56 Å². The Kier molecular flexibility index (Phi) is 4.49. The summed E-state index contributed by atoms with van der Waals surface area (Å²) in [5, 5.41) is 5.88. The molecule has 2 aromatic heterocycles. The van der Waals surface area contributed by atoms with Gasteiger partial charge in [-0.15, -0.1) is 11.3 Å². The first kappa shape index (κ1) is 15.8. The van der Waals surface area contributed by atoms with Crippen molar-refractivity contribution in [3.63, 3.8) is 0 Å². The molecule has 3 rings (SSSR count). The Morgan fingerprint density at radius 2 is 2.13 bits per heavy atom. The third-order valence-corrected chi connectivity index (χ3v) is 5.25. The van der Waals surface area contributed by atoms with Crippen molar-refractivity contribution in [2.24, 2.45) is 7.05 Å². The van der Waals surface area contributed by atoms with E-state index in [1.54, 1.807) is 13.1 Å².